The van der Waals surface area contributed by atoms with Crippen molar-refractivity contribution in [2.75, 3.05) is 0 Å². The average Bonchev–Trinajstić information content (AvgIpc) is 2.67. The number of hydrogen-bond donors (Lipinski definition) is 0. The summed E-state index contributed by atoms with van der Waals surface area (Å²) < 4.78 is 1.83. The van der Waals surface area contributed by atoms with Crippen LogP contribution in [0.5, 0.6) is 0 Å². The van der Waals surface area contributed by atoms with Crippen LogP contribution in [0.3, 0.4) is 0 Å². The van der Waals surface area contributed by atoms with E-state index in [1.54, 1.807) is 0 Å². The zero-order valence-electron chi connectivity index (χ0n) is 8.09. The second-order valence-corrected chi connectivity index (χ2v) is 3.09. The van der Waals surface area contributed by atoms with Crippen LogP contribution in [-0.2, 0) is 13.0 Å². The van der Waals surface area contributed by atoms with Crippen LogP contribution in [0.2, 0.25) is 0 Å². The second kappa shape index (κ2) is 4.00. The fourth-order valence-electron chi connectivity index (χ4n) is 1.36. The van der Waals surface area contributed by atoms with Gasteiger partial charge in [0, 0.05) is 6.42 Å². The molecule has 2 aromatic rings. The van der Waals surface area contributed by atoms with Gasteiger partial charge in [0.1, 0.15) is 0 Å². The van der Waals surface area contributed by atoms with Gasteiger partial charge in [-0.3, -0.25) is 0 Å². The van der Waals surface area contributed by atoms with Crippen molar-refractivity contribution in [2.24, 2.45) is 0 Å². The summed E-state index contributed by atoms with van der Waals surface area (Å²) >= 11 is 0. The molecule has 0 aliphatic carbocycles. The van der Waals surface area contributed by atoms with Crippen molar-refractivity contribution >= 4 is 0 Å². The highest BCUT2D eigenvalue weighted by atomic mass is 15.5. The lowest BCUT2D eigenvalue weighted by Crippen LogP contribution is -2.06. The normalized spacial score (nSPS) is 10.4. The van der Waals surface area contributed by atoms with Gasteiger partial charge in [-0.1, -0.05) is 37.3 Å². The molecule has 0 saturated heterocycles. The molecule has 0 atom stereocenters. The number of nitrogens with zero attached hydrogens (tertiary/aromatic N) is 4. The fraction of sp³-hybridized carbons (Fsp3) is 0.300. The van der Waals surface area contributed by atoms with E-state index in [0.29, 0.717) is 0 Å². The molecule has 4 nitrogen and oxygen atoms in total. The maximum atomic E-state index is 3.94. The van der Waals surface area contributed by atoms with E-state index < -0.39 is 0 Å². The predicted molar refractivity (Wildman–Crippen MR) is 52.7 cm³/mol. The van der Waals surface area contributed by atoms with Gasteiger partial charge in [-0.05, 0) is 16.0 Å². The maximum Gasteiger partial charge on any atom is 0.151 e. The van der Waals surface area contributed by atoms with Gasteiger partial charge in [0.2, 0.25) is 0 Å². The van der Waals surface area contributed by atoms with E-state index >= 15 is 0 Å². The van der Waals surface area contributed by atoms with Gasteiger partial charge in [0.25, 0.3) is 0 Å². The Kier molecular flexibility index (Phi) is 2.53. The molecule has 0 aliphatic heterocycles. The Morgan fingerprint density at radius 1 is 1.21 bits per heavy atom. The van der Waals surface area contributed by atoms with E-state index in [9.17, 15) is 0 Å². The van der Waals surface area contributed by atoms with Gasteiger partial charge in [-0.15, -0.1) is 5.10 Å². The number of hydrogen-bond acceptors (Lipinski definition) is 3. The van der Waals surface area contributed by atoms with Crippen molar-refractivity contribution < 1.29 is 0 Å². The Hall–Kier alpha value is -1.71. The Balaban J connectivity index is 2.19. The Labute approximate surface area is 82.6 Å². The molecule has 0 unspecified atom stereocenters. The van der Waals surface area contributed by atoms with Crippen LogP contribution in [0.4, 0.5) is 0 Å². The van der Waals surface area contributed by atoms with Crippen LogP contribution in [0.1, 0.15) is 18.3 Å². The molecule has 72 valence electrons. The zero-order chi connectivity index (χ0) is 9.80. The second-order valence-electron chi connectivity index (χ2n) is 3.09. The van der Waals surface area contributed by atoms with Crippen LogP contribution in [0.15, 0.2) is 30.3 Å². The van der Waals surface area contributed by atoms with Crippen molar-refractivity contribution in [2.45, 2.75) is 19.9 Å². The molecule has 4 heteroatoms. The first-order valence-electron chi connectivity index (χ1n) is 4.69. The number of aryl methyl sites for hydroxylation is 1. The fourth-order valence-corrected chi connectivity index (χ4v) is 1.36. The first-order valence-corrected chi connectivity index (χ1v) is 4.69. The highest BCUT2D eigenvalue weighted by Gasteiger charge is 2.02. The minimum absolute atomic E-state index is 0.747. The molecule has 14 heavy (non-hydrogen) atoms. The largest absolute Gasteiger partial charge is 0.225 e. The van der Waals surface area contributed by atoms with E-state index in [1.807, 2.05) is 29.8 Å². The topological polar surface area (TPSA) is 43.6 Å². The van der Waals surface area contributed by atoms with Crippen molar-refractivity contribution in [1.82, 2.24) is 20.2 Å². The highest BCUT2D eigenvalue weighted by Crippen LogP contribution is 2.02. The van der Waals surface area contributed by atoms with Crippen molar-refractivity contribution in [3.8, 4) is 0 Å². The van der Waals surface area contributed by atoms with E-state index in [2.05, 4.69) is 27.7 Å². The summed E-state index contributed by atoms with van der Waals surface area (Å²) in [4.78, 5) is 0. The first-order chi connectivity index (χ1) is 6.90. The molecular formula is C10H12N4. The summed E-state index contributed by atoms with van der Waals surface area (Å²) in [6.07, 6.45) is 0.861. The minimum atomic E-state index is 0.747. The summed E-state index contributed by atoms with van der Waals surface area (Å²) in [5, 5.41) is 11.5. The quantitative estimate of drug-likeness (QED) is 0.728. The summed E-state index contributed by atoms with van der Waals surface area (Å²) in [5.74, 6) is 0.925. The molecular weight excluding hydrogens is 176 g/mol. The van der Waals surface area contributed by atoms with Gasteiger partial charge < -0.3 is 0 Å². The zero-order valence-corrected chi connectivity index (χ0v) is 8.09. The highest BCUT2D eigenvalue weighted by molar-refractivity contribution is 5.14. The molecule has 0 aliphatic rings. The van der Waals surface area contributed by atoms with Crippen LogP contribution in [-0.4, -0.2) is 20.2 Å². The minimum Gasteiger partial charge on any atom is -0.225 e. The third-order valence-corrected chi connectivity index (χ3v) is 2.10. The van der Waals surface area contributed by atoms with E-state index in [0.717, 1.165) is 18.8 Å². The molecule has 0 fully saturated rings. The lowest BCUT2D eigenvalue weighted by Gasteiger charge is -2.02. The standard InChI is InChI=1S/C10H12N4/c1-2-10-11-12-13-14(10)8-9-6-4-3-5-7-9/h3-7H,2,8H2,1H3. The first kappa shape index (κ1) is 8.87. The number of aromatic nitrogens is 4. The van der Waals surface area contributed by atoms with E-state index in [4.69, 9.17) is 0 Å². The van der Waals surface area contributed by atoms with E-state index in [1.165, 1.54) is 5.56 Å². The van der Waals surface area contributed by atoms with Crippen molar-refractivity contribution in [3.05, 3.63) is 41.7 Å². The summed E-state index contributed by atoms with van der Waals surface area (Å²) in [5.41, 5.74) is 1.22. The SMILES string of the molecule is CCc1nnnn1Cc1ccccc1. The van der Waals surface area contributed by atoms with E-state index in [-0.39, 0.29) is 0 Å². The molecule has 0 amide bonds. The Bertz CT molecular complexity index is 394. The average molecular weight is 188 g/mol. The maximum absolute atomic E-state index is 3.94. The number of benzene rings is 1. The lowest BCUT2D eigenvalue weighted by atomic mass is 10.2. The lowest BCUT2D eigenvalue weighted by molar-refractivity contribution is 0.622. The molecule has 0 N–H and O–H groups in total. The van der Waals surface area contributed by atoms with Crippen LogP contribution in [0.25, 0.3) is 0 Å². The Morgan fingerprint density at radius 3 is 2.71 bits per heavy atom. The number of rotatable bonds is 3. The van der Waals surface area contributed by atoms with Gasteiger partial charge in [0.05, 0.1) is 6.54 Å². The molecule has 0 bridgehead atoms. The van der Waals surface area contributed by atoms with Gasteiger partial charge >= 0.3 is 0 Å². The van der Waals surface area contributed by atoms with Gasteiger partial charge in [-0.25, -0.2) is 4.68 Å². The third-order valence-electron chi connectivity index (χ3n) is 2.10. The smallest absolute Gasteiger partial charge is 0.151 e. The molecule has 1 heterocycles. The van der Waals surface area contributed by atoms with Crippen molar-refractivity contribution in [3.63, 3.8) is 0 Å². The van der Waals surface area contributed by atoms with Gasteiger partial charge in [-0.2, -0.15) is 0 Å². The predicted octanol–water partition coefficient (Wildman–Crippen LogP) is 1.28. The molecule has 0 radical (unpaired) electrons. The van der Waals surface area contributed by atoms with Gasteiger partial charge in [0.15, 0.2) is 5.82 Å². The summed E-state index contributed by atoms with van der Waals surface area (Å²) in [7, 11) is 0. The van der Waals surface area contributed by atoms with Crippen molar-refractivity contribution in [1.29, 1.82) is 0 Å². The van der Waals surface area contributed by atoms with Crippen LogP contribution >= 0.6 is 0 Å². The molecule has 1 aromatic heterocycles. The summed E-state index contributed by atoms with van der Waals surface area (Å²) in [6.45, 7) is 2.80. The monoisotopic (exact) mass is 188 g/mol. The molecule has 2 rings (SSSR count). The summed E-state index contributed by atoms with van der Waals surface area (Å²) in [6, 6.07) is 10.2. The van der Waals surface area contributed by atoms with Crippen LogP contribution < -0.4 is 0 Å². The van der Waals surface area contributed by atoms with Crippen LogP contribution in [0, 0.1) is 0 Å². The number of tetrazole rings is 1. The molecule has 0 spiro atoms. The third kappa shape index (κ3) is 1.79. The molecule has 1 aromatic carbocycles. The Morgan fingerprint density at radius 2 is 2.00 bits per heavy atom. The molecule has 0 saturated carbocycles.